The molecular formula is C52H34N2S. The van der Waals surface area contributed by atoms with E-state index >= 15 is 0 Å². The highest BCUT2D eigenvalue weighted by molar-refractivity contribution is 7.27. The quantitative estimate of drug-likeness (QED) is 0.166. The summed E-state index contributed by atoms with van der Waals surface area (Å²) in [6, 6.07) is 75.0. The Labute approximate surface area is 323 Å². The standard InChI is InChI=1S/C52H34N2S/c1-3-13-35(14-4-1)36-25-30-40(31-26-36)53(49-24-12-21-45-44-19-9-10-23-48(44)54(50(45)49)39-16-5-2-6-17-39)41-32-27-38(28-33-41)43-20-11-22-46-47-34-29-37-15-7-8-18-42(37)52(47)55-51(43)46/h1-34H. The maximum Gasteiger partial charge on any atom is 0.0782 e. The van der Waals surface area contributed by atoms with Crippen LogP contribution in [0.4, 0.5) is 17.1 Å². The van der Waals surface area contributed by atoms with Crippen molar-refractivity contribution in [2.75, 3.05) is 4.90 Å². The number of thiophene rings is 1. The lowest BCUT2D eigenvalue weighted by Crippen LogP contribution is -2.11. The smallest absolute Gasteiger partial charge is 0.0782 e. The van der Waals surface area contributed by atoms with Crippen molar-refractivity contribution < 1.29 is 0 Å². The topological polar surface area (TPSA) is 8.17 Å². The molecule has 0 aliphatic heterocycles. The first kappa shape index (κ1) is 31.6. The lowest BCUT2D eigenvalue weighted by atomic mass is 10.0. The molecule has 0 fully saturated rings. The van der Waals surface area contributed by atoms with Crippen LogP contribution >= 0.6 is 11.3 Å². The highest BCUT2D eigenvalue weighted by Crippen LogP contribution is 2.46. The van der Waals surface area contributed by atoms with Crippen LogP contribution in [0, 0.1) is 0 Å². The number of nitrogens with zero attached hydrogens (tertiary/aromatic N) is 2. The van der Waals surface area contributed by atoms with E-state index in [0.717, 1.165) is 22.7 Å². The second-order valence-corrected chi connectivity index (χ2v) is 15.1. The summed E-state index contributed by atoms with van der Waals surface area (Å²) in [6.45, 7) is 0. The largest absolute Gasteiger partial charge is 0.308 e. The van der Waals surface area contributed by atoms with Gasteiger partial charge in [-0.3, -0.25) is 0 Å². The van der Waals surface area contributed by atoms with Crippen molar-refractivity contribution in [2.45, 2.75) is 0 Å². The summed E-state index contributed by atoms with van der Waals surface area (Å²) in [5, 5.41) is 7.70. The molecule has 0 unspecified atom stereocenters. The van der Waals surface area contributed by atoms with Crippen LogP contribution in [0.15, 0.2) is 206 Å². The number of anilines is 3. The summed E-state index contributed by atoms with van der Waals surface area (Å²) in [5.74, 6) is 0. The maximum absolute atomic E-state index is 2.42. The molecule has 11 rings (SSSR count). The van der Waals surface area contributed by atoms with Crippen molar-refractivity contribution in [3.63, 3.8) is 0 Å². The van der Waals surface area contributed by atoms with Gasteiger partial charge in [-0.05, 0) is 81.6 Å². The first-order chi connectivity index (χ1) is 27.3. The van der Waals surface area contributed by atoms with E-state index in [0.29, 0.717) is 0 Å². The number of rotatable bonds is 6. The van der Waals surface area contributed by atoms with Crippen molar-refractivity contribution in [1.82, 2.24) is 4.57 Å². The van der Waals surface area contributed by atoms with Gasteiger partial charge in [-0.1, -0.05) is 158 Å². The van der Waals surface area contributed by atoms with Gasteiger partial charge in [-0.15, -0.1) is 11.3 Å². The van der Waals surface area contributed by atoms with Gasteiger partial charge in [0.1, 0.15) is 0 Å². The summed E-state index contributed by atoms with van der Waals surface area (Å²) in [7, 11) is 0. The van der Waals surface area contributed by atoms with Crippen molar-refractivity contribution in [1.29, 1.82) is 0 Å². The average Bonchev–Trinajstić information content (AvgIpc) is 3.82. The zero-order chi connectivity index (χ0) is 36.3. The Morgan fingerprint density at radius 1 is 0.364 bits per heavy atom. The minimum Gasteiger partial charge on any atom is -0.308 e. The molecule has 55 heavy (non-hydrogen) atoms. The number of benzene rings is 9. The molecule has 11 aromatic rings. The molecule has 0 spiro atoms. The fourth-order valence-corrected chi connectivity index (χ4v) is 9.80. The average molecular weight is 719 g/mol. The van der Waals surface area contributed by atoms with Crippen LogP contribution in [0.25, 0.3) is 80.7 Å². The SMILES string of the molecule is c1ccc(-c2ccc(N(c3ccc(-c4cccc5c4sc4c6ccccc6ccc54)cc3)c3cccc4c5ccccc5n(-c5ccccc5)c34)cc2)cc1. The Kier molecular flexibility index (Phi) is 7.39. The molecule has 0 saturated carbocycles. The number of hydrogen-bond acceptors (Lipinski definition) is 2. The van der Waals surface area contributed by atoms with E-state index in [1.54, 1.807) is 0 Å². The molecular weight excluding hydrogens is 685 g/mol. The minimum atomic E-state index is 1.10. The number of aromatic nitrogens is 1. The van der Waals surface area contributed by atoms with Crippen LogP contribution in [0.3, 0.4) is 0 Å². The molecule has 9 aromatic carbocycles. The number of fused-ring (bicyclic) bond motifs is 8. The summed E-state index contributed by atoms with van der Waals surface area (Å²) >= 11 is 1.91. The van der Waals surface area contributed by atoms with Gasteiger partial charge >= 0.3 is 0 Å². The fraction of sp³-hybridized carbons (Fsp3) is 0. The molecule has 2 nitrogen and oxygen atoms in total. The predicted molar refractivity (Wildman–Crippen MR) is 237 cm³/mol. The summed E-state index contributed by atoms with van der Waals surface area (Å²) in [4.78, 5) is 2.42. The first-order valence-corrected chi connectivity index (χ1v) is 19.6. The molecule has 3 heteroatoms. The molecule has 258 valence electrons. The van der Waals surface area contributed by atoms with E-state index in [-0.39, 0.29) is 0 Å². The van der Waals surface area contributed by atoms with Gasteiger partial charge in [0, 0.05) is 48.0 Å². The van der Waals surface area contributed by atoms with Gasteiger partial charge in [0.15, 0.2) is 0 Å². The minimum absolute atomic E-state index is 1.10. The third-order valence-electron chi connectivity index (χ3n) is 11.0. The molecule has 2 aromatic heterocycles. The first-order valence-electron chi connectivity index (χ1n) is 18.8. The zero-order valence-corrected chi connectivity index (χ0v) is 30.7. The molecule has 0 aliphatic carbocycles. The van der Waals surface area contributed by atoms with E-state index in [1.807, 2.05) is 11.3 Å². The molecule has 0 atom stereocenters. The van der Waals surface area contributed by atoms with Gasteiger partial charge in [-0.2, -0.15) is 0 Å². The van der Waals surface area contributed by atoms with Crippen LogP contribution in [-0.2, 0) is 0 Å². The molecule has 0 radical (unpaired) electrons. The van der Waals surface area contributed by atoms with E-state index in [1.165, 1.54) is 75.0 Å². The number of hydrogen-bond donors (Lipinski definition) is 0. The zero-order valence-electron chi connectivity index (χ0n) is 29.9. The van der Waals surface area contributed by atoms with Crippen LogP contribution < -0.4 is 4.90 Å². The van der Waals surface area contributed by atoms with Gasteiger partial charge < -0.3 is 9.47 Å². The van der Waals surface area contributed by atoms with Crippen molar-refractivity contribution >= 4 is 81.1 Å². The second-order valence-electron chi connectivity index (χ2n) is 14.1. The molecule has 0 aliphatic rings. The highest BCUT2D eigenvalue weighted by Gasteiger charge is 2.22. The lowest BCUT2D eigenvalue weighted by molar-refractivity contribution is 1.17. The van der Waals surface area contributed by atoms with Gasteiger partial charge in [0.25, 0.3) is 0 Å². The Morgan fingerprint density at radius 3 is 1.73 bits per heavy atom. The predicted octanol–water partition coefficient (Wildman–Crippen LogP) is 15.1. The van der Waals surface area contributed by atoms with Crippen LogP contribution in [-0.4, -0.2) is 4.57 Å². The Morgan fingerprint density at radius 2 is 0.945 bits per heavy atom. The van der Waals surface area contributed by atoms with Gasteiger partial charge in [0.2, 0.25) is 0 Å². The Hall–Kier alpha value is -6.94. The summed E-state index contributed by atoms with van der Waals surface area (Å²) in [6.07, 6.45) is 0. The third-order valence-corrected chi connectivity index (χ3v) is 12.3. The fourth-order valence-electron chi connectivity index (χ4n) is 8.43. The van der Waals surface area contributed by atoms with Gasteiger partial charge in [0.05, 0.1) is 16.7 Å². The van der Waals surface area contributed by atoms with Gasteiger partial charge in [-0.25, -0.2) is 0 Å². The van der Waals surface area contributed by atoms with E-state index in [2.05, 4.69) is 216 Å². The third kappa shape index (κ3) is 5.16. The molecule has 0 saturated heterocycles. The van der Waals surface area contributed by atoms with E-state index < -0.39 is 0 Å². The monoisotopic (exact) mass is 718 g/mol. The lowest BCUT2D eigenvalue weighted by Gasteiger charge is -2.27. The maximum atomic E-state index is 2.42. The van der Waals surface area contributed by atoms with Crippen LogP contribution in [0.1, 0.15) is 0 Å². The van der Waals surface area contributed by atoms with Crippen LogP contribution in [0.2, 0.25) is 0 Å². The summed E-state index contributed by atoms with van der Waals surface area (Å²) < 4.78 is 5.10. The molecule has 2 heterocycles. The van der Waals surface area contributed by atoms with E-state index in [4.69, 9.17) is 0 Å². The Balaban J connectivity index is 1.11. The van der Waals surface area contributed by atoms with Crippen molar-refractivity contribution in [2.24, 2.45) is 0 Å². The van der Waals surface area contributed by atoms with Crippen molar-refractivity contribution in [3.05, 3.63) is 206 Å². The van der Waals surface area contributed by atoms with Crippen molar-refractivity contribution in [3.8, 4) is 27.9 Å². The second kappa shape index (κ2) is 12.9. The number of para-hydroxylation sites is 3. The molecule has 0 amide bonds. The Bertz CT molecular complexity index is 3180. The molecule has 0 N–H and O–H groups in total. The molecule has 0 bridgehead atoms. The van der Waals surface area contributed by atoms with E-state index in [9.17, 15) is 0 Å². The normalized spacial score (nSPS) is 11.6. The highest BCUT2D eigenvalue weighted by atomic mass is 32.1. The summed E-state index contributed by atoms with van der Waals surface area (Å²) in [5.41, 5.74) is 11.7. The van der Waals surface area contributed by atoms with Crippen LogP contribution in [0.5, 0.6) is 0 Å².